The van der Waals surface area contributed by atoms with Crippen LogP contribution < -0.4 is 15.7 Å². The Hall–Kier alpha value is -6.52. The number of nitrogens with zero attached hydrogens (tertiary/aromatic N) is 2. The van der Waals surface area contributed by atoms with Gasteiger partial charge in [0.25, 0.3) is 0 Å². The average Bonchev–Trinajstić information content (AvgIpc) is 3.90. The second-order valence-corrected chi connectivity index (χ2v) is 20.7. The largest absolute Gasteiger partial charge is 0.455 e. The molecule has 62 heavy (non-hydrogen) atoms. The van der Waals surface area contributed by atoms with E-state index < -0.39 is 0 Å². The van der Waals surface area contributed by atoms with Gasteiger partial charge in [0.15, 0.2) is 0 Å². The zero-order valence-electron chi connectivity index (χ0n) is 36.5. The van der Waals surface area contributed by atoms with E-state index in [-0.39, 0.29) is 23.1 Å². The van der Waals surface area contributed by atoms with Gasteiger partial charge in [0.05, 0.1) is 11.0 Å². The first kappa shape index (κ1) is 35.1. The molecule has 0 saturated heterocycles. The number of rotatable bonds is 1. The van der Waals surface area contributed by atoms with Gasteiger partial charge in [-0.05, 0) is 122 Å². The molecule has 298 valence electrons. The molecule has 0 saturated carbocycles. The SMILES string of the molecule is Cc1cc2c(cc1N1B3c4c(cc5c(oc6ccccc65)c4-c4c1ccc1c4C(C)(C)c4ccccc4-1)-n1c4ccc5ccccc5c4c4cccc3c41)C(C)(C)CCC2(C)C. The quantitative estimate of drug-likeness (QED) is 0.154. The molecule has 0 atom stereocenters. The zero-order valence-corrected chi connectivity index (χ0v) is 36.5. The number of anilines is 2. The summed E-state index contributed by atoms with van der Waals surface area (Å²) < 4.78 is 9.86. The van der Waals surface area contributed by atoms with Gasteiger partial charge in [0.1, 0.15) is 11.2 Å². The molecule has 0 spiro atoms. The molecule has 3 nitrogen and oxygen atoms in total. The van der Waals surface area contributed by atoms with Crippen molar-refractivity contribution in [2.45, 2.75) is 77.6 Å². The van der Waals surface area contributed by atoms with Crippen LogP contribution in [0.25, 0.3) is 82.5 Å². The van der Waals surface area contributed by atoms with E-state index in [0.717, 1.165) is 16.6 Å². The van der Waals surface area contributed by atoms with Gasteiger partial charge in [-0.2, -0.15) is 0 Å². The lowest BCUT2D eigenvalue weighted by Crippen LogP contribution is -2.61. The molecule has 0 N–H and O–H groups in total. The molecule has 14 rings (SSSR count). The Morgan fingerprint density at radius 2 is 1.29 bits per heavy atom. The molecule has 4 heterocycles. The topological polar surface area (TPSA) is 21.3 Å². The number of furan rings is 1. The molecule has 0 amide bonds. The summed E-state index contributed by atoms with van der Waals surface area (Å²) in [5.41, 5.74) is 23.1. The van der Waals surface area contributed by atoms with Crippen molar-refractivity contribution in [1.29, 1.82) is 0 Å². The van der Waals surface area contributed by atoms with Crippen LogP contribution in [-0.4, -0.2) is 11.4 Å². The summed E-state index contributed by atoms with van der Waals surface area (Å²) in [4.78, 5) is 2.77. The maximum absolute atomic E-state index is 7.23. The van der Waals surface area contributed by atoms with Crippen LogP contribution in [0.5, 0.6) is 0 Å². The van der Waals surface area contributed by atoms with Crippen LogP contribution in [0, 0.1) is 6.92 Å². The molecule has 0 radical (unpaired) electrons. The number of hydrogen-bond acceptors (Lipinski definition) is 2. The van der Waals surface area contributed by atoms with Crippen molar-refractivity contribution < 1.29 is 4.42 Å². The van der Waals surface area contributed by atoms with Crippen molar-refractivity contribution >= 4 is 83.7 Å². The van der Waals surface area contributed by atoms with Gasteiger partial charge < -0.3 is 13.8 Å². The van der Waals surface area contributed by atoms with Crippen LogP contribution in [0.3, 0.4) is 0 Å². The monoisotopic (exact) mass is 798 g/mol. The second kappa shape index (κ2) is 11.3. The minimum Gasteiger partial charge on any atom is -0.455 e. The summed E-state index contributed by atoms with van der Waals surface area (Å²) in [6, 6.07) is 51.0. The molecule has 0 fully saturated rings. The number of hydrogen-bond donors (Lipinski definition) is 0. The van der Waals surface area contributed by atoms with E-state index >= 15 is 0 Å². The van der Waals surface area contributed by atoms with E-state index in [9.17, 15) is 0 Å². The lowest BCUT2D eigenvalue weighted by molar-refractivity contribution is 0.332. The van der Waals surface area contributed by atoms with Gasteiger partial charge in [0, 0.05) is 55.1 Å². The second-order valence-electron chi connectivity index (χ2n) is 20.7. The summed E-state index contributed by atoms with van der Waals surface area (Å²) in [5, 5.41) is 7.51. The Labute approximate surface area is 362 Å². The van der Waals surface area contributed by atoms with Crippen molar-refractivity contribution in [3.63, 3.8) is 0 Å². The Bertz CT molecular complexity index is 3710. The summed E-state index contributed by atoms with van der Waals surface area (Å²) >= 11 is 0. The summed E-state index contributed by atoms with van der Waals surface area (Å²) in [5.74, 6) is 0. The molecule has 0 unspecified atom stereocenters. The Morgan fingerprint density at radius 1 is 0.565 bits per heavy atom. The van der Waals surface area contributed by atoms with Crippen molar-refractivity contribution in [2.24, 2.45) is 0 Å². The highest BCUT2D eigenvalue weighted by Crippen LogP contribution is 2.59. The van der Waals surface area contributed by atoms with Crippen LogP contribution in [-0.2, 0) is 16.2 Å². The third-order valence-corrected chi connectivity index (χ3v) is 16.1. The fourth-order valence-electron chi connectivity index (χ4n) is 13.0. The highest BCUT2D eigenvalue weighted by atomic mass is 16.3. The van der Waals surface area contributed by atoms with Crippen LogP contribution in [0.15, 0.2) is 138 Å². The number of aryl methyl sites for hydroxylation is 1. The predicted octanol–water partition coefficient (Wildman–Crippen LogP) is 14.0. The van der Waals surface area contributed by atoms with Gasteiger partial charge in [-0.1, -0.05) is 145 Å². The van der Waals surface area contributed by atoms with Crippen molar-refractivity contribution in [1.82, 2.24) is 4.57 Å². The standard InChI is InChI=1S/C58H47BN2O/c1-32-29-41-42(57(4,5)28-27-56(41,2)3)31-46(32)61-45-26-24-37-35-17-10-12-20-40(35)58(6,7)52(37)50(45)51-53-47(30-39-36-18-11-13-22-48(36)62-55(39)51)60-44-25-23-33-15-8-9-16-34(33)49(44)38-19-14-21-43(54(38)60)59(53)61/h8-26,29-31H,27-28H2,1-7H3. The number of para-hydroxylation sites is 2. The molecular weight excluding hydrogens is 751 g/mol. The van der Waals surface area contributed by atoms with E-state index in [4.69, 9.17) is 4.42 Å². The van der Waals surface area contributed by atoms with E-state index in [0.29, 0.717) is 0 Å². The Balaban J connectivity index is 1.22. The van der Waals surface area contributed by atoms with E-state index in [1.165, 1.54) is 129 Å². The van der Waals surface area contributed by atoms with Crippen LogP contribution in [0.4, 0.5) is 11.4 Å². The number of fused-ring (bicyclic) bond motifs is 18. The van der Waals surface area contributed by atoms with Crippen molar-refractivity contribution in [2.75, 3.05) is 4.81 Å². The summed E-state index contributed by atoms with van der Waals surface area (Å²) in [6.45, 7) is 17.0. The predicted molar refractivity (Wildman–Crippen MR) is 262 cm³/mol. The third kappa shape index (κ3) is 4.10. The van der Waals surface area contributed by atoms with E-state index in [1.807, 2.05) is 0 Å². The molecule has 10 aromatic rings. The molecular formula is C58H47BN2O. The average molecular weight is 799 g/mol. The molecule has 2 aliphatic carbocycles. The molecule has 2 aromatic heterocycles. The van der Waals surface area contributed by atoms with Crippen LogP contribution in [0.2, 0.25) is 0 Å². The fraction of sp³-hybridized carbons (Fsp3) is 0.207. The molecule has 4 aliphatic rings. The van der Waals surface area contributed by atoms with Gasteiger partial charge in [-0.3, -0.25) is 0 Å². The first-order valence-electron chi connectivity index (χ1n) is 22.6. The summed E-state index contributed by atoms with van der Waals surface area (Å²) in [7, 11) is 0. The number of benzene rings is 8. The minimum atomic E-state index is -0.257. The Morgan fingerprint density at radius 3 is 2.13 bits per heavy atom. The molecule has 8 aromatic carbocycles. The maximum atomic E-state index is 7.23. The lowest BCUT2D eigenvalue weighted by Gasteiger charge is -2.46. The van der Waals surface area contributed by atoms with Gasteiger partial charge in [-0.15, -0.1) is 0 Å². The van der Waals surface area contributed by atoms with Crippen LogP contribution >= 0.6 is 0 Å². The van der Waals surface area contributed by atoms with Crippen LogP contribution in [0.1, 0.15) is 82.2 Å². The highest BCUT2D eigenvalue weighted by Gasteiger charge is 2.50. The Kier molecular flexibility index (Phi) is 6.40. The molecule has 0 bridgehead atoms. The zero-order chi connectivity index (χ0) is 41.8. The van der Waals surface area contributed by atoms with Gasteiger partial charge in [-0.25, -0.2) is 0 Å². The van der Waals surface area contributed by atoms with Gasteiger partial charge >= 0.3 is 6.85 Å². The van der Waals surface area contributed by atoms with E-state index in [2.05, 4.69) is 191 Å². The maximum Gasteiger partial charge on any atom is 0.333 e. The lowest BCUT2D eigenvalue weighted by atomic mass is 9.43. The normalized spacial score (nSPS) is 17.1. The molecule has 2 aliphatic heterocycles. The van der Waals surface area contributed by atoms with Gasteiger partial charge in [0.2, 0.25) is 0 Å². The fourth-order valence-corrected chi connectivity index (χ4v) is 13.0. The van der Waals surface area contributed by atoms with Crippen molar-refractivity contribution in [3.8, 4) is 27.9 Å². The number of aromatic nitrogens is 1. The minimum absolute atomic E-state index is 0.0526. The third-order valence-electron chi connectivity index (χ3n) is 16.1. The molecule has 4 heteroatoms. The first-order valence-corrected chi connectivity index (χ1v) is 22.6. The smallest absolute Gasteiger partial charge is 0.333 e. The van der Waals surface area contributed by atoms with Crippen molar-refractivity contribution in [3.05, 3.63) is 161 Å². The van der Waals surface area contributed by atoms with E-state index in [1.54, 1.807) is 0 Å². The highest BCUT2D eigenvalue weighted by molar-refractivity contribution is 6.94. The first-order chi connectivity index (χ1) is 29.9. The summed E-state index contributed by atoms with van der Waals surface area (Å²) in [6.07, 6.45) is 2.36.